The fourth-order valence-electron chi connectivity index (χ4n) is 1.96. The Hall–Kier alpha value is -2.33. The summed E-state index contributed by atoms with van der Waals surface area (Å²) < 4.78 is 28.9. The predicted molar refractivity (Wildman–Crippen MR) is 91.0 cm³/mol. The van der Waals surface area contributed by atoms with Gasteiger partial charge >= 0.3 is 19.2 Å². The van der Waals surface area contributed by atoms with E-state index in [9.17, 15) is 14.0 Å². The molecule has 0 aliphatic heterocycles. The lowest BCUT2D eigenvalue weighted by Gasteiger charge is -2.22. The number of rotatable bonds is 7. The van der Waals surface area contributed by atoms with Gasteiger partial charge in [-0.3, -0.25) is 0 Å². The van der Waals surface area contributed by atoms with E-state index in [0.717, 1.165) is 13.2 Å². The highest BCUT2D eigenvalue weighted by molar-refractivity contribution is 6.40. The molecule has 144 valence electrons. The Morgan fingerprint density at radius 3 is 2.46 bits per heavy atom. The molecule has 1 aromatic carbocycles. The highest BCUT2D eigenvalue weighted by Gasteiger charge is 2.26. The van der Waals surface area contributed by atoms with Crippen molar-refractivity contribution < 1.29 is 38.2 Å². The van der Waals surface area contributed by atoms with Crippen molar-refractivity contribution in [2.45, 2.75) is 38.8 Å². The summed E-state index contributed by atoms with van der Waals surface area (Å²) >= 11 is 0. The topological polar surface area (TPSA) is 114 Å². The van der Waals surface area contributed by atoms with Crippen LogP contribution < -0.4 is 10.1 Å². The number of nitrogens with one attached hydrogen (secondary N) is 1. The normalized spacial score (nSPS) is 12.1. The number of halogens is 1. The number of ether oxygens (including phenoxy) is 3. The average molecular weight is 371 g/mol. The van der Waals surface area contributed by atoms with Crippen LogP contribution in [0.25, 0.3) is 0 Å². The molecule has 0 saturated carbocycles. The number of carbonyl (C=O) groups excluding carboxylic acids is 2. The SMILES string of the molecule is COC(=O)[C@H](Cc1ccc(OCB(O)O)cc1F)NC(=O)OC(C)(C)C. The Labute approximate surface area is 151 Å². The van der Waals surface area contributed by atoms with Gasteiger partial charge in [0.25, 0.3) is 0 Å². The molecule has 0 spiro atoms. The van der Waals surface area contributed by atoms with Crippen molar-refractivity contribution in [3.05, 3.63) is 29.6 Å². The fourth-order valence-corrected chi connectivity index (χ4v) is 1.96. The van der Waals surface area contributed by atoms with E-state index >= 15 is 0 Å². The highest BCUT2D eigenvalue weighted by atomic mass is 19.1. The van der Waals surface area contributed by atoms with Crippen LogP contribution in [-0.2, 0) is 20.7 Å². The van der Waals surface area contributed by atoms with Gasteiger partial charge in [0.05, 0.1) is 7.11 Å². The quantitative estimate of drug-likeness (QED) is 0.480. The maximum Gasteiger partial charge on any atom is 0.491 e. The minimum Gasteiger partial charge on any atom is -0.496 e. The number of hydrogen-bond acceptors (Lipinski definition) is 7. The van der Waals surface area contributed by atoms with E-state index in [2.05, 4.69) is 10.1 Å². The highest BCUT2D eigenvalue weighted by Crippen LogP contribution is 2.18. The Balaban J connectivity index is 2.84. The van der Waals surface area contributed by atoms with Crippen molar-refractivity contribution in [2.75, 3.05) is 13.6 Å². The number of methoxy groups -OCH3 is 1. The van der Waals surface area contributed by atoms with Gasteiger partial charge < -0.3 is 29.6 Å². The molecule has 10 heteroatoms. The standard InChI is InChI=1S/C16H23BFNO7/c1-16(2,3)26-15(21)19-13(14(20)24-4)7-10-5-6-11(8-12(10)18)25-9-17(22)23/h5-6,8,13,22-23H,7,9H2,1-4H3,(H,19,21)/t13-/m0/s1. The van der Waals surface area contributed by atoms with Crippen molar-refractivity contribution in [1.29, 1.82) is 0 Å². The minimum atomic E-state index is -1.68. The molecule has 0 heterocycles. The van der Waals surface area contributed by atoms with Gasteiger partial charge in [0.15, 0.2) is 0 Å². The second kappa shape index (κ2) is 9.39. The molecule has 0 bridgehead atoms. The van der Waals surface area contributed by atoms with Crippen molar-refractivity contribution >= 4 is 19.2 Å². The number of benzene rings is 1. The van der Waals surface area contributed by atoms with Gasteiger partial charge in [-0.05, 0) is 32.4 Å². The predicted octanol–water partition coefficient (Wildman–Crippen LogP) is 0.825. The lowest BCUT2D eigenvalue weighted by Crippen LogP contribution is -2.45. The molecule has 0 unspecified atom stereocenters. The summed E-state index contributed by atoms with van der Waals surface area (Å²) in [6.07, 6.45) is -0.995. The third-order valence-corrected chi connectivity index (χ3v) is 3.02. The third-order valence-electron chi connectivity index (χ3n) is 3.02. The summed E-state index contributed by atoms with van der Waals surface area (Å²) in [5.74, 6) is -1.34. The lowest BCUT2D eigenvalue weighted by molar-refractivity contribution is -0.143. The maximum atomic E-state index is 14.2. The summed E-state index contributed by atoms with van der Waals surface area (Å²) in [6, 6.07) is 2.67. The van der Waals surface area contributed by atoms with Crippen molar-refractivity contribution in [3.63, 3.8) is 0 Å². The number of alkyl carbamates (subject to hydrolysis) is 1. The first kappa shape index (κ1) is 21.7. The molecule has 0 fully saturated rings. The van der Waals surface area contributed by atoms with Crippen LogP contribution in [0.2, 0.25) is 0 Å². The molecule has 1 amide bonds. The van der Waals surface area contributed by atoms with Gasteiger partial charge in [0.2, 0.25) is 0 Å². The van der Waals surface area contributed by atoms with Crippen LogP contribution >= 0.6 is 0 Å². The summed E-state index contributed by atoms with van der Waals surface area (Å²) in [5, 5.41) is 19.8. The molecule has 0 saturated heterocycles. The molecular formula is C16H23BFNO7. The third kappa shape index (κ3) is 7.71. The number of esters is 1. The van der Waals surface area contributed by atoms with Gasteiger partial charge in [-0.2, -0.15) is 0 Å². The zero-order valence-electron chi connectivity index (χ0n) is 15.1. The van der Waals surface area contributed by atoms with Gasteiger partial charge in [0.1, 0.15) is 29.7 Å². The Bertz CT molecular complexity index is 634. The average Bonchev–Trinajstić information content (AvgIpc) is 2.51. The van der Waals surface area contributed by atoms with E-state index in [1.54, 1.807) is 20.8 Å². The van der Waals surface area contributed by atoms with E-state index in [-0.39, 0.29) is 17.7 Å². The summed E-state index contributed by atoms with van der Waals surface area (Å²) in [5.41, 5.74) is -0.625. The molecule has 1 rings (SSSR count). The van der Waals surface area contributed by atoms with Crippen LogP contribution in [0.1, 0.15) is 26.3 Å². The van der Waals surface area contributed by atoms with Crippen LogP contribution in [0.5, 0.6) is 5.75 Å². The molecule has 26 heavy (non-hydrogen) atoms. The summed E-state index contributed by atoms with van der Waals surface area (Å²) in [4.78, 5) is 23.7. The van der Waals surface area contributed by atoms with Gasteiger partial charge in [0, 0.05) is 12.5 Å². The Morgan fingerprint density at radius 2 is 1.96 bits per heavy atom. The molecular weight excluding hydrogens is 348 g/mol. The van der Waals surface area contributed by atoms with E-state index in [1.807, 2.05) is 0 Å². The number of carbonyl (C=O) groups is 2. The van der Waals surface area contributed by atoms with E-state index < -0.39 is 43.1 Å². The largest absolute Gasteiger partial charge is 0.496 e. The van der Waals surface area contributed by atoms with Crippen LogP contribution in [-0.4, -0.2) is 54.5 Å². The zero-order chi connectivity index (χ0) is 19.9. The van der Waals surface area contributed by atoms with Crippen LogP contribution in [0, 0.1) is 5.82 Å². The lowest BCUT2D eigenvalue weighted by atomic mass is 9.95. The van der Waals surface area contributed by atoms with Gasteiger partial charge in [-0.25, -0.2) is 14.0 Å². The van der Waals surface area contributed by atoms with Crippen molar-refractivity contribution in [3.8, 4) is 5.75 Å². The Kier molecular flexibility index (Phi) is 7.85. The van der Waals surface area contributed by atoms with Crippen LogP contribution in [0.3, 0.4) is 0 Å². The van der Waals surface area contributed by atoms with Gasteiger partial charge in [-0.1, -0.05) is 6.07 Å². The van der Waals surface area contributed by atoms with Crippen molar-refractivity contribution in [1.82, 2.24) is 5.32 Å². The molecule has 0 aromatic heterocycles. The van der Waals surface area contributed by atoms with E-state index in [4.69, 9.17) is 19.5 Å². The number of amides is 1. The second-order valence-corrected chi connectivity index (χ2v) is 6.47. The maximum absolute atomic E-state index is 14.2. The van der Waals surface area contributed by atoms with Crippen LogP contribution in [0.15, 0.2) is 18.2 Å². The second-order valence-electron chi connectivity index (χ2n) is 6.47. The number of hydrogen-bond donors (Lipinski definition) is 3. The summed E-state index contributed by atoms with van der Waals surface area (Å²) in [7, 11) is -0.529. The first-order chi connectivity index (χ1) is 12.0. The zero-order valence-corrected chi connectivity index (χ0v) is 15.1. The summed E-state index contributed by atoms with van der Waals surface area (Å²) in [6.45, 7) is 4.59. The molecule has 1 atom stereocenters. The van der Waals surface area contributed by atoms with Crippen molar-refractivity contribution in [2.24, 2.45) is 0 Å². The molecule has 0 aliphatic rings. The Morgan fingerprint density at radius 1 is 1.31 bits per heavy atom. The van der Waals surface area contributed by atoms with Gasteiger partial charge in [-0.15, -0.1) is 0 Å². The van der Waals surface area contributed by atoms with E-state index in [0.29, 0.717) is 0 Å². The smallest absolute Gasteiger partial charge is 0.491 e. The molecule has 3 N–H and O–H groups in total. The molecule has 8 nitrogen and oxygen atoms in total. The van der Waals surface area contributed by atoms with E-state index in [1.165, 1.54) is 12.1 Å². The molecule has 0 radical (unpaired) electrons. The molecule has 1 aromatic rings. The molecule has 0 aliphatic carbocycles. The van der Waals surface area contributed by atoms with Crippen LogP contribution in [0.4, 0.5) is 9.18 Å². The monoisotopic (exact) mass is 371 g/mol. The first-order valence-electron chi connectivity index (χ1n) is 7.86. The first-order valence-corrected chi connectivity index (χ1v) is 7.86. The fraction of sp³-hybridized carbons (Fsp3) is 0.500. The minimum absolute atomic E-state index is 0.0917.